The Morgan fingerprint density at radius 1 is 1.41 bits per heavy atom. The average molecular weight is 306 g/mol. The van der Waals surface area contributed by atoms with Gasteiger partial charge in [-0.25, -0.2) is 0 Å². The van der Waals surface area contributed by atoms with E-state index in [0.717, 1.165) is 44.3 Å². The van der Waals surface area contributed by atoms with Crippen molar-refractivity contribution in [2.75, 3.05) is 32.7 Å². The molecule has 0 aliphatic carbocycles. The van der Waals surface area contributed by atoms with E-state index in [4.69, 9.17) is 4.42 Å². The van der Waals surface area contributed by atoms with E-state index >= 15 is 0 Å². The zero-order chi connectivity index (χ0) is 15.6. The molecule has 1 unspecified atom stereocenters. The van der Waals surface area contributed by atoms with Crippen LogP contribution in [0.15, 0.2) is 27.8 Å². The molecule has 2 N–H and O–H groups in total. The first-order valence-corrected chi connectivity index (χ1v) is 8.58. The van der Waals surface area contributed by atoms with Crippen LogP contribution >= 0.6 is 0 Å². The Hall–Kier alpha value is -1.49. The lowest BCUT2D eigenvalue weighted by Crippen LogP contribution is -2.41. The first-order chi connectivity index (χ1) is 10.8. The smallest absolute Gasteiger partial charge is 0.191 e. The fourth-order valence-electron chi connectivity index (χ4n) is 2.88. The molecule has 0 amide bonds. The monoisotopic (exact) mass is 306 g/mol. The van der Waals surface area contributed by atoms with Crippen molar-refractivity contribution in [3.05, 3.63) is 24.2 Å². The van der Waals surface area contributed by atoms with Gasteiger partial charge in [-0.15, -0.1) is 0 Å². The molecule has 2 rings (SSSR count). The lowest BCUT2D eigenvalue weighted by molar-refractivity contribution is 0.166. The molecule has 1 fully saturated rings. The van der Waals surface area contributed by atoms with Crippen LogP contribution < -0.4 is 10.6 Å². The summed E-state index contributed by atoms with van der Waals surface area (Å²) in [5.74, 6) is 1.91. The van der Waals surface area contributed by atoms with Gasteiger partial charge in [-0.05, 0) is 45.4 Å². The van der Waals surface area contributed by atoms with Crippen LogP contribution in [0.25, 0.3) is 0 Å². The zero-order valence-corrected chi connectivity index (χ0v) is 14.0. The molecule has 0 aromatic carbocycles. The summed E-state index contributed by atoms with van der Waals surface area (Å²) >= 11 is 0. The Labute approximate surface area is 134 Å². The van der Waals surface area contributed by atoms with Crippen LogP contribution in [0.1, 0.15) is 38.9 Å². The quantitative estimate of drug-likeness (QED) is 0.599. The topological polar surface area (TPSA) is 52.8 Å². The largest absolute Gasteiger partial charge is 0.469 e. The van der Waals surface area contributed by atoms with E-state index in [-0.39, 0.29) is 0 Å². The minimum atomic E-state index is 0.707. The summed E-state index contributed by atoms with van der Waals surface area (Å²) in [5, 5.41) is 6.67. The average Bonchev–Trinajstić information content (AvgIpc) is 3.02. The number of furan rings is 1. The molecule has 1 saturated heterocycles. The third kappa shape index (κ3) is 5.72. The van der Waals surface area contributed by atoms with Crippen LogP contribution in [-0.4, -0.2) is 49.6 Å². The SMILES string of the molecule is CCNC(=NCCN1CCCCC1C)NCCc1ccco1. The molecular weight excluding hydrogens is 276 g/mol. The predicted molar refractivity (Wildman–Crippen MR) is 91.3 cm³/mol. The van der Waals surface area contributed by atoms with Gasteiger partial charge in [0.1, 0.15) is 5.76 Å². The number of hydrogen-bond donors (Lipinski definition) is 2. The van der Waals surface area contributed by atoms with E-state index in [2.05, 4.69) is 34.4 Å². The van der Waals surface area contributed by atoms with Crippen LogP contribution in [-0.2, 0) is 6.42 Å². The standard InChI is InChI=1S/C17H30N4O/c1-3-18-17(19-10-9-16-8-6-14-22-16)20-11-13-21-12-5-4-7-15(21)2/h6,8,14-15H,3-5,7,9-13H2,1-2H3,(H2,18,19,20). The number of hydrogen-bond acceptors (Lipinski definition) is 3. The summed E-state index contributed by atoms with van der Waals surface area (Å²) < 4.78 is 5.34. The molecule has 0 saturated carbocycles. The van der Waals surface area contributed by atoms with Gasteiger partial charge in [0.05, 0.1) is 12.8 Å². The highest BCUT2D eigenvalue weighted by Crippen LogP contribution is 2.15. The summed E-state index contributed by atoms with van der Waals surface area (Å²) in [6.07, 6.45) is 6.62. The van der Waals surface area contributed by atoms with Crippen LogP contribution in [0.4, 0.5) is 0 Å². The number of likely N-dealkylation sites (tertiary alicyclic amines) is 1. The molecule has 1 aliphatic rings. The number of nitrogens with one attached hydrogen (secondary N) is 2. The summed E-state index contributed by atoms with van der Waals surface area (Å²) in [4.78, 5) is 7.24. The number of guanidine groups is 1. The normalized spacial score (nSPS) is 20.1. The van der Waals surface area contributed by atoms with Gasteiger partial charge >= 0.3 is 0 Å². The highest BCUT2D eigenvalue weighted by atomic mass is 16.3. The van der Waals surface area contributed by atoms with Gasteiger partial charge in [0.15, 0.2) is 5.96 Å². The molecule has 1 aromatic rings. The number of nitrogens with zero attached hydrogens (tertiary/aromatic N) is 2. The Morgan fingerprint density at radius 3 is 3.05 bits per heavy atom. The molecule has 1 aliphatic heterocycles. The molecule has 22 heavy (non-hydrogen) atoms. The fraction of sp³-hybridized carbons (Fsp3) is 0.706. The lowest BCUT2D eigenvalue weighted by atomic mass is 10.0. The van der Waals surface area contributed by atoms with Crippen molar-refractivity contribution in [3.8, 4) is 0 Å². The van der Waals surface area contributed by atoms with Gasteiger partial charge in [0.25, 0.3) is 0 Å². The van der Waals surface area contributed by atoms with Crippen LogP contribution in [0.5, 0.6) is 0 Å². The molecular formula is C17H30N4O. The minimum Gasteiger partial charge on any atom is -0.469 e. The summed E-state index contributed by atoms with van der Waals surface area (Å²) in [6, 6.07) is 4.64. The third-order valence-electron chi connectivity index (χ3n) is 4.19. The van der Waals surface area contributed by atoms with Gasteiger partial charge in [0.2, 0.25) is 0 Å². The molecule has 2 heterocycles. The maximum atomic E-state index is 5.34. The number of piperidine rings is 1. The fourth-order valence-corrected chi connectivity index (χ4v) is 2.88. The third-order valence-corrected chi connectivity index (χ3v) is 4.19. The second-order valence-corrected chi connectivity index (χ2v) is 5.90. The van der Waals surface area contributed by atoms with Crippen molar-refractivity contribution in [1.82, 2.24) is 15.5 Å². The molecule has 5 nitrogen and oxygen atoms in total. The van der Waals surface area contributed by atoms with Gasteiger partial charge in [0, 0.05) is 32.1 Å². The Balaban J connectivity index is 1.71. The Kier molecular flexibility index (Phi) is 7.30. The van der Waals surface area contributed by atoms with Crippen molar-refractivity contribution in [3.63, 3.8) is 0 Å². The maximum absolute atomic E-state index is 5.34. The highest BCUT2D eigenvalue weighted by Gasteiger charge is 2.17. The van der Waals surface area contributed by atoms with Gasteiger partial charge < -0.3 is 15.1 Å². The second-order valence-electron chi connectivity index (χ2n) is 5.90. The van der Waals surface area contributed by atoms with E-state index in [9.17, 15) is 0 Å². The molecule has 5 heteroatoms. The van der Waals surface area contributed by atoms with Crippen molar-refractivity contribution in [1.29, 1.82) is 0 Å². The van der Waals surface area contributed by atoms with Crippen molar-refractivity contribution in [2.24, 2.45) is 4.99 Å². The first kappa shape index (κ1) is 16.9. The van der Waals surface area contributed by atoms with Crippen molar-refractivity contribution < 1.29 is 4.42 Å². The van der Waals surface area contributed by atoms with Crippen molar-refractivity contribution in [2.45, 2.75) is 45.6 Å². The Bertz CT molecular complexity index is 430. The first-order valence-electron chi connectivity index (χ1n) is 8.58. The van der Waals surface area contributed by atoms with Crippen LogP contribution in [0.2, 0.25) is 0 Å². The summed E-state index contributed by atoms with van der Waals surface area (Å²) in [7, 11) is 0. The lowest BCUT2D eigenvalue weighted by Gasteiger charge is -2.32. The van der Waals surface area contributed by atoms with E-state index in [0.29, 0.717) is 6.04 Å². The second kappa shape index (κ2) is 9.51. The van der Waals surface area contributed by atoms with Crippen LogP contribution in [0.3, 0.4) is 0 Å². The van der Waals surface area contributed by atoms with Gasteiger partial charge in [-0.2, -0.15) is 0 Å². The molecule has 0 radical (unpaired) electrons. The minimum absolute atomic E-state index is 0.707. The number of rotatable bonds is 7. The van der Waals surface area contributed by atoms with Crippen LogP contribution in [0, 0.1) is 0 Å². The van der Waals surface area contributed by atoms with Crippen molar-refractivity contribution >= 4 is 5.96 Å². The maximum Gasteiger partial charge on any atom is 0.191 e. The van der Waals surface area contributed by atoms with E-state index in [1.165, 1.54) is 25.8 Å². The van der Waals surface area contributed by atoms with E-state index in [1.54, 1.807) is 6.26 Å². The van der Waals surface area contributed by atoms with E-state index < -0.39 is 0 Å². The van der Waals surface area contributed by atoms with Gasteiger partial charge in [-0.1, -0.05) is 6.42 Å². The summed E-state index contributed by atoms with van der Waals surface area (Å²) in [6.45, 7) is 9.26. The molecule has 1 aromatic heterocycles. The highest BCUT2D eigenvalue weighted by molar-refractivity contribution is 5.79. The molecule has 0 bridgehead atoms. The predicted octanol–water partition coefficient (Wildman–Crippen LogP) is 2.25. The molecule has 124 valence electrons. The molecule has 0 spiro atoms. The number of aliphatic imine (C=N–C) groups is 1. The summed E-state index contributed by atoms with van der Waals surface area (Å²) in [5.41, 5.74) is 0. The zero-order valence-electron chi connectivity index (χ0n) is 14.0. The van der Waals surface area contributed by atoms with Gasteiger partial charge in [-0.3, -0.25) is 9.89 Å². The molecule has 1 atom stereocenters. The Morgan fingerprint density at radius 2 is 2.32 bits per heavy atom. The van der Waals surface area contributed by atoms with E-state index in [1.807, 2.05) is 12.1 Å².